The Morgan fingerprint density at radius 2 is 1.87 bits per heavy atom. The lowest BCUT2D eigenvalue weighted by molar-refractivity contribution is -0.152. The highest BCUT2D eigenvalue weighted by Crippen LogP contribution is 2.35. The summed E-state index contributed by atoms with van der Waals surface area (Å²) in [6.45, 7) is 3.34. The van der Waals surface area contributed by atoms with Crippen LogP contribution in [-0.4, -0.2) is 46.9 Å². The highest BCUT2D eigenvalue weighted by atomic mass is 16.5. The fourth-order valence-electron chi connectivity index (χ4n) is 4.38. The van der Waals surface area contributed by atoms with E-state index in [0.717, 1.165) is 12.1 Å². The van der Waals surface area contributed by atoms with Crippen LogP contribution in [-0.2, 0) is 20.9 Å². The standard InChI is InChI=1S/C22H23N3O5/c1-2-30-22(29)20(27)23-17-7-4-3-6-16(17)21(28)24-11-14-10-15(13-24)18-8-5-9-19(26)25(18)12-14/h3-9,14-15H,2,10-13H2,1H3,(H,23,27)/t14-,15+/m0/s1. The van der Waals surface area contributed by atoms with Gasteiger partial charge in [-0.2, -0.15) is 0 Å². The van der Waals surface area contributed by atoms with Gasteiger partial charge in [0.1, 0.15) is 0 Å². The normalized spacial score (nSPS) is 19.6. The Kier molecular flexibility index (Phi) is 5.39. The van der Waals surface area contributed by atoms with E-state index in [2.05, 4.69) is 5.32 Å². The zero-order valence-corrected chi connectivity index (χ0v) is 16.7. The SMILES string of the molecule is CCOC(=O)C(=O)Nc1ccccc1C(=O)N1C[C@@H]2C[C@H](C1)c1cccc(=O)n1C2. The number of likely N-dealkylation sites (tertiary alicyclic amines) is 1. The highest BCUT2D eigenvalue weighted by Gasteiger charge is 2.37. The predicted molar refractivity (Wildman–Crippen MR) is 109 cm³/mol. The molecule has 1 N–H and O–H groups in total. The second-order valence-corrected chi connectivity index (χ2v) is 7.63. The Morgan fingerprint density at radius 1 is 1.07 bits per heavy atom. The number of rotatable bonds is 3. The molecule has 0 spiro atoms. The number of anilines is 1. The Balaban J connectivity index is 1.56. The number of piperidine rings is 1. The molecule has 2 aliphatic rings. The van der Waals surface area contributed by atoms with E-state index in [1.54, 1.807) is 48.2 Å². The summed E-state index contributed by atoms with van der Waals surface area (Å²) < 4.78 is 6.53. The highest BCUT2D eigenvalue weighted by molar-refractivity contribution is 6.37. The molecule has 8 heteroatoms. The van der Waals surface area contributed by atoms with Gasteiger partial charge >= 0.3 is 11.9 Å². The average molecular weight is 409 g/mol. The first-order valence-corrected chi connectivity index (χ1v) is 10.0. The van der Waals surface area contributed by atoms with Gasteiger partial charge in [-0.1, -0.05) is 18.2 Å². The van der Waals surface area contributed by atoms with Gasteiger partial charge in [-0.3, -0.25) is 14.4 Å². The van der Waals surface area contributed by atoms with E-state index < -0.39 is 11.9 Å². The van der Waals surface area contributed by atoms with Gasteiger partial charge < -0.3 is 19.5 Å². The number of nitrogens with zero attached hydrogens (tertiary/aromatic N) is 2. The number of aromatic nitrogens is 1. The number of ether oxygens (including phenoxy) is 1. The maximum Gasteiger partial charge on any atom is 0.397 e. The molecule has 0 radical (unpaired) electrons. The van der Waals surface area contributed by atoms with Gasteiger partial charge in [-0.05, 0) is 37.5 Å². The van der Waals surface area contributed by atoms with Crippen molar-refractivity contribution in [2.45, 2.75) is 25.8 Å². The van der Waals surface area contributed by atoms with E-state index in [9.17, 15) is 19.2 Å². The quantitative estimate of drug-likeness (QED) is 0.614. The Morgan fingerprint density at radius 3 is 2.67 bits per heavy atom. The van der Waals surface area contributed by atoms with Crippen molar-refractivity contribution in [2.24, 2.45) is 5.92 Å². The largest absolute Gasteiger partial charge is 0.459 e. The molecular weight excluding hydrogens is 386 g/mol. The number of pyridine rings is 1. The first-order valence-electron chi connectivity index (χ1n) is 10.0. The minimum absolute atomic E-state index is 0.00556. The zero-order chi connectivity index (χ0) is 21.3. The van der Waals surface area contributed by atoms with Crippen molar-refractivity contribution < 1.29 is 19.1 Å². The van der Waals surface area contributed by atoms with Crippen molar-refractivity contribution in [1.82, 2.24) is 9.47 Å². The number of amides is 2. The van der Waals surface area contributed by atoms with Crippen LogP contribution in [0.15, 0.2) is 47.3 Å². The first kappa shape index (κ1) is 19.9. The lowest BCUT2D eigenvalue weighted by Crippen LogP contribution is -2.49. The van der Waals surface area contributed by atoms with Gasteiger partial charge in [0.05, 0.1) is 17.9 Å². The molecule has 0 unspecified atom stereocenters. The summed E-state index contributed by atoms with van der Waals surface area (Å²) in [7, 11) is 0. The summed E-state index contributed by atoms with van der Waals surface area (Å²) in [5.41, 5.74) is 1.54. The van der Waals surface area contributed by atoms with Gasteiger partial charge in [0.15, 0.2) is 0 Å². The third-order valence-corrected chi connectivity index (χ3v) is 5.63. The molecule has 3 heterocycles. The van der Waals surface area contributed by atoms with E-state index in [-0.39, 0.29) is 35.6 Å². The molecule has 8 nitrogen and oxygen atoms in total. The van der Waals surface area contributed by atoms with Crippen molar-refractivity contribution >= 4 is 23.5 Å². The lowest BCUT2D eigenvalue weighted by Gasteiger charge is -2.42. The molecule has 4 rings (SSSR count). The fraction of sp³-hybridized carbons (Fsp3) is 0.364. The number of fused-ring (bicyclic) bond motifs is 4. The van der Waals surface area contributed by atoms with Crippen LogP contribution in [0.25, 0.3) is 0 Å². The molecule has 2 aromatic rings. The molecule has 1 aromatic heterocycles. The molecular formula is C22H23N3O5. The topological polar surface area (TPSA) is 97.7 Å². The second kappa shape index (κ2) is 8.14. The number of nitrogens with one attached hydrogen (secondary N) is 1. The molecule has 1 saturated heterocycles. The van der Waals surface area contributed by atoms with Crippen LogP contribution in [0, 0.1) is 5.92 Å². The number of carbonyl (C=O) groups is 3. The summed E-state index contributed by atoms with van der Waals surface area (Å²) in [6.07, 6.45) is 0.939. The Bertz CT molecular complexity index is 1060. The van der Waals surface area contributed by atoms with Crippen molar-refractivity contribution in [2.75, 3.05) is 25.0 Å². The smallest absolute Gasteiger partial charge is 0.397 e. The van der Waals surface area contributed by atoms with E-state index in [1.165, 1.54) is 0 Å². The van der Waals surface area contributed by atoms with Gasteiger partial charge in [0.25, 0.3) is 11.5 Å². The van der Waals surface area contributed by atoms with E-state index >= 15 is 0 Å². The summed E-state index contributed by atoms with van der Waals surface area (Å²) in [5.74, 6) is -1.83. The summed E-state index contributed by atoms with van der Waals surface area (Å²) in [5, 5.41) is 2.48. The van der Waals surface area contributed by atoms with Gasteiger partial charge in [0, 0.05) is 37.3 Å². The van der Waals surface area contributed by atoms with E-state index in [0.29, 0.717) is 25.2 Å². The van der Waals surface area contributed by atoms with E-state index in [4.69, 9.17) is 4.74 Å². The molecule has 2 aliphatic heterocycles. The number of esters is 1. The van der Waals surface area contributed by atoms with Crippen LogP contribution in [0.5, 0.6) is 0 Å². The van der Waals surface area contributed by atoms with Crippen molar-refractivity contribution in [1.29, 1.82) is 0 Å². The minimum atomic E-state index is -0.991. The third kappa shape index (κ3) is 3.72. The molecule has 1 fully saturated rings. The number of hydrogen-bond donors (Lipinski definition) is 1. The first-order chi connectivity index (χ1) is 14.5. The maximum absolute atomic E-state index is 13.3. The second-order valence-electron chi connectivity index (χ2n) is 7.63. The lowest BCUT2D eigenvalue weighted by atomic mass is 9.83. The number of hydrogen-bond acceptors (Lipinski definition) is 5. The summed E-state index contributed by atoms with van der Waals surface area (Å²) in [4.78, 5) is 50.9. The number of para-hydroxylation sites is 1. The number of benzene rings is 1. The summed E-state index contributed by atoms with van der Waals surface area (Å²) >= 11 is 0. The van der Waals surface area contributed by atoms with Gasteiger partial charge in [0.2, 0.25) is 0 Å². The van der Waals surface area contributed by atoms with Crippen molar-refractivity contribution in [3.8, 4) is 0 Å². The number of carbonyl (C=O) groups excluding carboxylic acids is 3. The molecule has 0 saturated carbocycles. The van der Waals surface area contributed by atoms with Crippen molar-refractivity contribution in [3.05, 3.63) is 64.1 Å². The molecule has 2 atom stereocenters. The van der Waals surface area contributed by atoms with Crippen molar-refractivity contribution in [3.63, 3.8) is 0 Å². The maximum atomic E-state index is 13.3. The van der Waals surface area contributed by atoms with Crippen LogP contribution >= 0.6 is 0 Å². The molecule has 2 bridgehead atoms. The molecule has 1 aromatic carbocycles. The van der Waals surface area contributed by atoms with Crippen LogP contribution in [0.1, 0.15) is 35.3 Å². The zero-order valence-electron chi connectivity index (χ0n) is 16.7. The van der Waals surface area contributed by atoms with Crippen LogP contribution in [0.3, 0.4) is 0 Å². The van der Waals surface area contributed by atoms with Crippen LogP contribution in [0.4, 0.5) is 5.69 Å². The van der Waals surface area contributed by atoms with Crippen LogP contribution < -0.4 is 10.9 Å². The average Bonchev–Trinajstić information content (AvgIpc) is 2.74. The summed E-state index contributed by atoms with van der Waals surface area (Å²) in [6, 6.07) is 11.9. The van der Waals surface area contributed by atoms with Gasteiger partial charge in [-0.15, -0.1) is 0 Å². The Hall–Kier alpha value is -3.42. The minimum Gasteiger partial charge on any atom is -0.459 e. The third-order valence-electron chi connectivity index (χ3n) is 5.63. The van der Waals surface area contributed by atoms with Gasteiger partial charge in [-0.25, -0.2) is 4.79 Å². The fourth-order valence-corrected chi connectivity index (χ4v) is 4.38. The Labute approximate surface area is 173 Å². The predicted octanol–water partition coefficient (Wildman–Crippen LogP) is 1.61. The molecule has 0 aliphatic carbocycles. The molecule has 30 heavy (non-hydrogen) atoms. The van der Waals surface area contributed by atoms with E-state index in [1.807, 2.05) is 10.6 Å². The molecule has 2 amide bonds. The van der Waals surface area contributed by atoms with Crippen LogP contribution in [0.2, 0.25) is 0 Å². The monoisotopic (exact) mass is 409 g/mol. The molecule has 156 valence electrons.